The van der Waals surface area contributed by atoms with E-state index in [1.165, 1.54) is 5.19 Å². The van der Waals surface area contributed by atoms with Crippen LogP contribution in [-0.2, 0) is 4.43 Å². The van der Waals surface area contributed by atoms with Crippen molar-refractivity contribution in [2.24, 2.45) is 0 Å². The molecule has 0 aliphatic rings. The van der Waals surface area contributed by atoms with Crippen LogP contribution in [0.15, 0.2) is 30.3 Å². The Balaban J connectivity index is 2.53. The fourth-order valence-corrected chi connectivity index (χ4v) is 2.90. The standard InChI is InChI=1S/C10H16O2Si/c1-9(8-11)12-13(2)10-6-4-3-5-7-10/h3-7,9,11,13H,8H2,1-2H3/t9-,13?/m0/s1. The smallest absolute Gasteiger partial charge is 0.205 e. The molecule has 0 aliphatic carbocycles. The zero-order valence-corrected chi connectivity index (χ0v) is 9.26. The molecule has 0 heterocycles. The minimum atomic E-state index is -1.30. The Bertz CT molecular complexity index is 238. The highest BCUT2D eigenvalue weighted by atomic mass is 28.3. The molecule has 13 heavy (non-hydrogen) atoms. The van der Waals surface area contributed by atoms with Crippen LogP contribution in [0.5, 0.6) is 0 Å². The Morgan fingerprint density at radius 2 is 2.00 bits per heavy atom. The van der Waals surface area contributed by atoms with E-state index in [9.17, 15) is 0 Å². The van der Waals surface area contributed by atoms with Gasteiger partial charge in [-0.05, 0) is 18.7 Å². The molecular weight excluding hydrogens is 180 g/mol. The molecule has 0 aliphatic heterocycles. The Morgan fingerprint density at radius 1 is 1.38 bits per heavy atom. The van der Waals surface area contributed by atoms with Crippen molar-refractivity contribution in [1.82, 2.24) is 0 Å². The summed E-state index contributed by atoms with van der Waals surface area (Å²) in [5.74, 6) is 0. The quantitative estimate of drug-likeness (QED) is 0.716. The zero-order valence-electron chi connectivity index (χ0n) is 8.10. The second-order valence-corrected chi connectivity index (χ2v) is 5.41. The van der Waals surface area contributed by atoms with E-state index in [0.717, 1.165) is 0 Å². The number of aliphatic hydroxyl groups is 1. The third kappa shape index (κ3) is 3.30. The normalized spacial score (nSPS) is 15.3. The molecule has 1 unspecified atom stereocenters. The van der Waals surface area contributed by atoms with E-state index in [-0.39, 0.29) is 12.7 Å². The van der Waals surface area contributed by atoms with Gasteiger partial charge in [-0.2, -0.15) is 0 Å². The summed E-state index contributed by atoms with van der Waals surface area (Å²) in [5.41, 5.74) is 0. The van der Waals surface area contributed by atoms with E-state index in [4.69, 9.17) is 9.53 Å². The lowest BCUT2D eigenvalue weighted by Crippen LogP contribution is -2.34. The van der Waals surface area contributed by atoms with Crippen LogP contribution in [0, 0.1) is 0 Å². The fraction of sp³-hybridized carbons (Fsp3) is 0.400. The first-order valence-corrected chi connectivity index (χ1v) is 6.75. The Labute approximate surface area is 80.9 Å². The number of hydrogen-bond acceptors (Lipinski definition) is 2. The summed E-state index contributed by atoms with van der Waals surface area (Å²) < 4.78 is 5.67. The minimum absolute atomic E-state index is 0.0399. The topological polar surface area (TPSA) is 29.5 Å². The minimum Gasteiger partial charge on any atom is -0.411 e. The second kappa shape index (κ2) is 5.17. The Hall–Kier alpha value is -0.643. The van der Waals surface area contributed by atoms with Gasteiger partial charge in [0.2, 0.25) is 9.04 Å². The fourth-order valence-electron chi connectivity index (χ4n) is 1.19. The number of benzene rings is 1. The van der Waals surface area contributed by atoms with Gasteiger partial charge in [0.05, 0.1) is 12.7 Å². The first-order valence-electron chi connectivity index (χ1n) is 4.55. The third-order valence-electron chi connectivity index (χ3n) is 1.96. The summed E-state index contributed by atoms with van der Waals surface area (Å²) in [7, 11) is -1.30. The highest BCUT2D eigenvalue weighted by Gasteiger charge is 2.10. The van der Waals surface area contributed by atoms with E-state index in [2.05, 4.69) is 18.7 Å². The predicted octanol–water partition coefficient (Wildman–Crippen LogP) is 0.645. The van der Waals surface area contributed by atoms with Crippen molar-refractivity contribution in [1.29, 1.82) is 0 Å². The predicted molar refractivity (Wildman–Crippen MR) is 56.7 cm³/mol. The van der Waals surface area contributed by atoms with E-state index >= 15 is 0 Å². The molecule has 1 rings (SSSR count). The molecule has 0 bridgehead atoms. The van der Waals surface area contributed by atoms with Crippen molar-refractivity contribution in [3.8, 4) is 0 Å². The van der Waals surface area contributed by atoms with E-state index < -0.39 is 9.04 Å². The molecule has 0 aromatic heterocycles. The van der Waals surface area contributed by atoms with Crippen LogP contribution in [0.25, 0.3) is 0 Å². The first-order chi connectivity index (χ1) is 6.24. The van der Waals surface area contributed by atoms with Gasteiger partial charge in [0.15, 0.2) is 0 Å². The molecule has 2 nitrogen and oxygen atoms in total. The monoisotopic (exact) mass is 196 g/mol. The lowest BCUT2D eigenvalue weighted by molar-refractivity contribution is 0.131. The summed E-state index contributed by atoms with van der Waals surface area (Å²) in [4.78, 5) is 0. The van der Waals surface area contributed by atoms with Gasteiger partial charge in [-0.25, -0.2) is 0 Å². The highest BCUT2D eigenvalue weighted by molar-refractivity contribution is 6.66. The lowest BCUT2D eigenvalue weighted by atomic mass is 10.4. The molecule has 0 saturated heterocycles. The Morgan fingerprint density at radius 3 is 2.54 bits per heavy atom. The molecule has 3 heteroatoms. The van der Waals surface area contributed by atoms with Gasteiger partial charge in [-0.15, -0.1) is 0 Å². The number of aliphatic hydroxyl groups excluding tert-OH is 1. The van der Waals surface area contributed by atoms with Crippen molar-refractivity contribution < 1.29 is 9.53 Å². The van der Waals surface area contributed by atoms with Gasteiger partial charge in [0, 0.05) is 0 Å². The van der Waals surface area contributed by atoms with E-state index in [1.807, 2.05) is 25.1 Å². The van der Waals surface area contributed by atoms with Crippen molar-refractivity contribution in [3.05, 3.63) is 30.3 Å². The summed E-state index contributed by atoms with van der Waals surface area (Å²) in [6.07, 6.45) is -0.0399. The SMILES string of the molecule is C[C@@H](CO)O[SiH](C)c1ccccc1. The highest BCUT2D eigenvalue weighted by Crippen LogP contribution is 1.95. The van der Waals surface area contributed by atoms with Gasteiger partial charge >= 0.3 is 0 Å². The lowest BCUT2D eigenvalue weighted by Gasteiger charge is -2.16. The molecule has 72 valence electrons. The van der Waals surface area contributed by atoms with Crippen LogP contribution >= 0.6 is 0 Å². The third-order valence-corrected chi connectivity index (χ3v) is 4.16. The van der Waals surface area contributed by atoms with E-state index in [1.54, 1.807) is 0 Å². The molecule has 0 amide bonds. The summed E-state index contributed by atoms with van der Waals surface area (Å²) in [6, 6.07) is 10.2. The summed E-state index contributed by atoms with van der Waals surface area (Å²) >= 11 is 0. The maximum absolute atomic E-state index is 8.83. The van der Waals surface area contributed by atoms with Crippen LogP contribution in [0.3, 0.4) is 0 Å². The van der Waals surface area contributed by atoms with Crippen LogP contribution in [-0.4, -0.2) is 26.9 Å². The molecule has 0 spiro atoms. The van der Waals surface area contributed by atoms with Crippen LogP contribution in [0.1, 0.15) is 6.92 Å². The van der Waals surface area contributed by atoms with Gasteiger partial charge < -0.3 is 9.53 Å². The second-order valence-electron chi connectivity index (χ2n) is 3.18. The van der Waals surface area contributed by atoms with Crippen LogP contribution in [0.4, 0.5) is 0 Å². The van der Waals surface area contributed by atoms with Crippen molar-refractivity contribution in [2.75, 3.05) is 6.61 Å². The first kappa shape index (κ1) is 10.4. The van der Waals surface area contributed by atoms with Crippen molar-refractivity contribution in [3.63, 3.8) is 0 Å². The van der Waals surface area contributed by atoms with Gasteiger partial charge in [-0.1, -0.05) is 30.3 Å². The van der Waals surface area contributed by atoms with Crippen LogP contribution < -0.4 is 5.19 Å². The average Bonchev–Trinajstić information content (AvgIpc) is 2.19. The molecule has 0 saturated carbocycles. The Kier molecular flexibility index (Phi) is 4.15. The zero-order chi connectivity index (χ0) is 9.68. The molecule has 1 N–H and O–H groups in total. The van der Waals surface area contributed by atoms with Gasteiger partial charge in [-0.3, -0.25) is 0 Å². The maximum Gasteiger partial charge on any atom is 0.205 e. The molecule has 0 radical (unpaired) electrons. The van der Waals surface area contributed by atoms with Crippen LogP contribution in [0.2, 0.25) is 6.55 Å². The average molecular weight is 196 g/mol. The number of rotatable bonds is 4. The van der Waals surface area contributed by atoms with Gasteiger partial charge in [0.1, 0.15) is 0 Å². The molecule has 1 aromatic carbocycles. The maximum atomic E-state index is 8.83. The largest absolute Gasteiger partial charge is 0.411 e. The van der Waals surface area contributed by atoms with Crippen molar-refractivity contribution in [2.45, 2.75) is 19.6 Å². The molecule has 0 fully saturated rings. The van der Waals surface area contributed by atoms with Gasteiger partial charge in [0.25, 0.3) is 0 Å². The molecular formula is C10H16O2Si. The summed E-state index contributed by atoms with van der Waals surface area (Å²) in [6.45, 7) is 4.12. The van der Waals surface area contributed by atoms with E-state index in [0.29, 0.717) is 0 Å². The van der Waals surface area contributed by atoms with Crippen molar-refractivity contribution >= 4 is 14.2 Å². The molecule has 1 aromatic rings. The molecule has 2 atom stereocenters. The summed E-state index contributed by atoms with van der Waals surface area (Å²) in [5, 5.41) is 10.1. The number of hydrogen-bond donors (Lipinski definition) is 1.